The van der Waals surface area contributed by atoms with E-state index in [1.807, 2.05) is 60.7 Å². The maximum absolute atomic E-state index is 11.6. The van der Waals surface area contributed by atoms with Crippen molar-refractivity contribution in [3.63, 3.8) is 0 Å². The maximum Gasteiger partial charge on any atom is 0.307 e. The molecule has 2 aromatic carbocycles. The molecule has 1 fully saturated rings. The van der Waals surface area contributed by atoms with Crippen LogP contribution in [0.4, 0.5) is 0 Å². The second kappa shape index (κ2) is 5.10. The highest BCUT2D eigenvalue weighted by Crippen LogP contribution is 2.52. The number of carbonyl (C=O) groups is 1. The van der Waals surface area contributed by atoms with Crippen LogP contribution in [0, 0.1) is 5.92 Å². The predicted molar refractivity (Wildman–Crippen MR) is 75.5 cm³/mol. The van der Waals surface area contributed by atoms with Crippen LogP contribution < -0.4 is 0 Å². The van der Waals surface area contributed by atoms with Crippen LogP contribution in [-0.2, 0) is 4.79 Å². The topological polar surface area (TPSA) is 57.5 Å². The Kier molecular flexibility index (Phi) is 3.28. The largest absolute Gasteiger partial charge is 0.481 e. The Labute approximate surface area is 117 Å². The third-order valence-corrected chi connectivity index (χ3v) is 4.16. The van der Waals surface area contributed by atoms with E-state index in [-0.39, 0.29) is 11.8 Å². The third kappa shape index (κ3) is 2.00. The summed E-state index contributed by atoms with van der Waals surface area (Å²) >= 11 is 0. The summed E-state index contributed by atoms with van der Waals surface area (Å²) in [5, 5.41) is 19.9. The van der Waals surface area contributed by atoms with Gasteiger partial charge in [-0.05, 0) is 11.1 Å². The first-order chi connectivity index (χ1) is 9.70. The summed E-state index contributed by atoms with van der Waals surface area (Å²) in [4.78, 5) is 11.6. The number of aliphatic hydroxyl groups excluding tert-OH is 1. The van der Waals surface area contributed by atoms with Crippen molar-refractivity contribution in [1.82, 2.24) is 0 Å². The van der Waals surface area contributed by atoms with Crippen molar-refractivity contribution in [3.8, 4) is 0 Å². The Morgan fingerprint density at radius 2 is 1.20 bits per heavy atom. The average molecular weight is 268 g/mol. The van der Waals surface area contributed by atoms with Crippen LogP contribution in [0.5, 0.6) is 0 Å². The highest BCUT2D eigenvalue weighted by molar-refractivity contribution is 5.75. The normalized spacial score (nSPS) is 28.6. The second-order valence-electron chi connectivity index (χ2n) is 5.23. The van der Waals surface area contributed by atoms with Crippen molar-refractivity contribution < 1.29 is 15.0 Å². The summed E-state index contributed by atoms with van der Waals surface area (Å²) < 4.78 is 0. The summed E-state index contributed by atoms with van der Waals surface area (Å²) in [7, 11) is 0. The van der Waals surface area contributed by atoms with Gasteiger partial charge < -0.3 is 10.2 Å². The van der Waals surface area contributed by atoms with E-state index >= 15 is 0 Å². The molecule has 1 aliphatic carbocycles. The number of aliphatic hydroxyl groups is 1. The van der Waals surface area contributed by atoms with Gasteiger partial charge in [0, 0.05) is 11.8 Å². The zero-order chi connectivity index (χ0) is 14.1. The molecule has 0 saturated heterocycles. The molecule has 0 spiro atoms. The molecule has 0 aromatic heterocycles. The molecule has 1 saturated carbocycles. The molecule has 0 bridgehead atoms. The minimum Gasteiger partial charge on any atom is -0.481 e. The molecule has 3 nitrogen and oxygen atoms in total. The quantitative estimate of drug-likeness (QED) is 0.899. The molecule has 3 rings (SSSR count). The van der Waals surface area contributed by atoms with Crippen molar-refractivity contribution in [2.24, 2.45) is 5.92 Å². The van der Waals surface area contributed by atoms with Gasteiger partial charge >= 0.3 is 5.97 Å². The fourth-order valence-electron chi connectivity index (χ4n) is 3.19. The second-order valence-corrected chi connectivity index (χ2v) is 5.23. The van der Waals surface area contributed by atoms with Crippen molar-refractivity contribution in [1.29, 1.82) is 0 Å². The fraction of sp³-hybridized carbons (Fsp3) is 0.235. The average Bonchev–Trinajstić information content (AvgIpc) is 2.46. The Hall–Kier alpha value is -2.13. The minimum atomic E-state index is -0.849. The van der Waals surface area contributed by atoms with Gasteiger partial charge in [0.1, 0.15) is 0 Å². The lowest BCUT2D eigenvalue weighted by Gasteiger charge is -2.47. The minimum absolute atomic E-state index is 0.334. The van der Waals surface area contributed by atoms with Crippen molar-refractivity contribution in [2.45, 2.75) is 17.9 Å². The first-order valence-electron chi connectivity index (χ1n) is 6.71. The molecule has 0 heterocycles. The van der Waals surface area contributed by atoms with Gasteiger partial charge in [-0.2, -0.15) is 0 Å². The molecule has 2 N–H and O–H groups in total. The van der Waals surface area contributed by atoms with E-state index in [4.69, 9.17) is 0 Å². The highest BCUT2D eigenvalue weighted by atomic mass is 16.4. The van der Waals surface area contributed by atoms with Gasteiger partial charge in [0.2, 0.25) is 0 Å². The number of hydrogen-bond donors (Lipinski definition) is 2. The molecule has 0 aliphatic heterocycles. The van der Waals surface area contributed by atoms with Gasteiger partial charge in [-0.25, -0.2) is 0 Å². The van der Waals surface area contributed by atoms with E-state index < -0.39 is 18.0 Å². The molecule has 102 valence electrons. The van der Waals surface area contributed by atoms with E-state index in [1.165, 1.54) is 0 Å². The van der Waals surface area contributed by atoms with Crippen LogP contribution in [-0.4, -0.2) is 22.3 Å². The standard InChI is InChI=1S/C17H16O3/c18-16-13(11-7-3-1-4-8-11)15(17(19)20)14(16)12-9-5-2-6-10-12/h1-10,13-16,18H,(H,19,20). The van der Waals surface area contributed by atoms with E-state index in [2.05, 4.69) is 0 Å². The van der Waals surface area contributed by atoms with Crippen molar-refractivity contribution >= 4 is 5.97 Å². The van der Waals surface area contributed by atoms with Gasteiger partial charge in [-0.1, -0.05) is 60.7 Å². The predicted octanol–water partition coefficient (Wildman–Crippen LogP) is 2.63. The van der Waals surface area contributed by atoms with Gasteiger partial charge in [0.15, 0.2) is 0 Å². The van der Waals surface area contributed by atoms with Crippen molar-refractivity contribution in [2.75, 3.05) is 0 Å². The van der Waals surface area contributed by atoms with Crippen LogP contribution in [0.25, 0.3) is 0 Å². The number of rotatable bonds is 3. The van der Waals surface area contributed by atoms with Crippen LogP contribution in [0.3, 0.4) is 0 Å². The third-order valence-electron chi connectivity index (χ3n) is 4.16. The number of benzene rings is 2. The number of carboxylic acid groups (broad SMARTS) is 1. The maximum atomic E-state index is 11.6. The monoisotopic (exact) mass is 268 g/mol. The summed E-state index contributed by atoms with van der Waals surface area (Å²) in [5.41, 5.74) is 1.78. The molecule has 2 aromatic rings. The van der Waals surface area contributed by atoms with Crippen LogP contribution in [0.15, 0.2) is 60.7 Å². The van der Waals surface area contributed by atoms with Gasteiger partial charge in [0.25, 0.3) is 0 Å². The van der Waals surface area contributed by atoms with E-state index in [9.17, 15) is 15.0 Å². The van der Waals surface area contributed by atoms with Crippen molar-refractivity contribution in [3.05, 3.63) is 71.8 Å². The molecule has 2 unspecified atom stereocenters. The molecule has 20 heavy (non-hydrogen) atoms. The van der Waals surface area contributed by atoms with Gasteiger partial charge in [0.05, 0.1) is 12.0 Å². The lowest BCUT2D eigenvalue weighted by molar-refractivity contribution is -0.154. The molecular formula is C17H16O3. The molecule has 2 atom stereocenters. The molecule has 3 heteroatoms. The van der Waals surface area contributed by atoms with Crippen LogP contribution >= 0.6 is 0 Å². The van der Waals surface area contributed by atoms with Crippen LogP contribution in [0.1, 0.15) is 23.0 Å². The zero-order valence-electron chi connectivity index (χ0n) is 10.9. The number of hydrogen-bond acceptors (Lipinski definition) is 2. The Balaban J connectivity index is 1.94. The number of aliphatic carboxylic acids is 1. The Morgan fingerprint density at radius 1 is 0.800 bits per heavy atom. The van der Waals surface area contributed by atoms with E-state index in [1.54, 1.807) is 0 Å². The molecular weight excluding hydrogens is 252 g/mol. The molecule has 0 amide bonds. The summed E-state index contributed by atoms with van der Waals surface area (Å²) in [6.07, 6.45) is -0.652. The molecule has 1 aliphatic rings. The van der Waals surface area contributed by atoms with Gasteiger partial charge in [-0.3, -0.25) is 4.79 Å². The van der Waals surface area contributed by atoms with E-state index in [0.717, 1.165) is 11.1 Å². The SMILES string of the molecule is O=C(O)C1C(c2ccccc2)C(O)C1c1ccccc1. The van der Waals surface area contributed by atoms with Gasteiger partial charge in [-0.15, -0.1) is 0 Å². The van der Waals surface area contributed by atoms with Crippen LogP contribution in [0.2, 0.25) is 0 Å². The molecule has 0 radical (unpaired) electrons. The first kappa shape index (κ1) is 12.9. The smallest absolute Gasteiger partial charge is 0.307 e. The first-order valence-corrected chi connectivity index (χ1v) is 6.71. The summed E-state index contributed by atoms with van der Waals surface area (Å²) in [5.74, 6) is -2.09. The lowest BCUT2D eigenvalue weighted by Crippen LogP contribution is -2.51. The Morgan fingerprint density at radius 3 is 1.55 bits per heavy atom. The lowest BCUT2D eigenvalue weighted by atomic mass is 9.57. The Bertz CT molecular complexity index is 547. The van der Waals surface area contributed by atoms with E-state index in [0.29, 0.717) is 0 Å². The highest BCUT2D eigenvalue weighted by Gasteiger charge is 2.54. The summed E-state index contributed by atoms with van der Waals surface area (Å²) in [6, 6.07) is 18.8. The zero-order valence-corrected chi connectivity index (χ0v) is 10.9. The number of carboxylic acids is 1. The fourth-order valence-corrected chi connectivity index (χ4v) is 3.19. The summed E-state index contributed by atoms with van der Waals surface area (Å²) in [6.45, 7) is 0.